The largest absolute Gasteiger partial charge is 0.355 e. The van der Waals surface area contributed by atoms with E-state index < -0.39 is 0 Å². The fraction of sp³-hybridized carbons (Fsp3) is 0.389. The topological polar surface area (TPSA) is 73.8 Å². The van der Waals surface area contributed by atoms with Crippen molar-refractivity contribution in [2.45, 2.75) is 20.4 Å². The van der Waals surface area contributed by atoms with Gasteiger partial charge in [-0.1, -0.05) is 41.9 Å². The quantitative estimate of drug-likeness (QED) is 0.688. The van der Waals surface area contributed by atoms with Crippen LogP contribution in [0.5, 0.6) is 0 Å². The van der Waals surface area contributed by atoms with Gasteiger partial charge >= 0.3 is 5.69 Å². The van der Waals surface area contributed by atoms with E-state index in [2.05, 4.69) is 40.1 Å². The van der Waals surface area contributed by atoms with E-state index in [1.807, 2.05) is 28.8 Å². The highest BCUT2D eigenvalue weighted by atomic mass is 79.9. The summed E-state index contributed by atoms with van der Waals surface area (Å²) in [4.78, 5) is 29.6. The molecule has 0 radical (unpaired) electrons. The maximum Gasteiger partial charge on any atom is 0.332 e. The molecule has 3 rings (SSSR count). The molecule has 0 spiro atoms. The minimum atomic E-state index is -0.383. The Kier molecular flexibility index (Phi) is 5.04. The van der Waals surface area contributed by atoms with Gasteiger partial charge in [-0.25, -0.2) is 4.79 Å². The maximum atomic E-state index is 12.8. The van der Waals surface area contributed by atoms with Crippen molar-refractivity contribution in [2.75, 3.05) is 11.9 Å². The van der Waals surface area contributed by atoms with Crippen LogP contribution in [0.25, 0.3) is 11.2 Å². The van der Waals surface area contributed by atoms with Crippen molar-refractivity contribution < 1.29 is 0 Å². The van der Waals surface area contributed by atoms with Crippen molar-refractivity contribution >= 4 is 33.0 Å². The van der Waals surface area contributed by atoms with Gasteiger partial charge in [-0.2, -0.15) is 4.98 Å². The first kappa shape index (κ1) is 18.4. The molecule has 0 aliphatic rings. The van der Waals surface area contributed by atoms with Crippen molar-refractivity contribution in [1.82, 2.24) is 18.7 Å². The van der Waals surface area contributed by atoms with E-state index in [1.54, 1.807) is 7.05 Å². The van der Waals surface area contributed by atoms with Gasteiger partial charge in [-0.3, -0.25) is 18.5 Å². The molecule has 138 valence electrons. The average Bonchev–Trinajstić information content (AvgIpc) is 2.96. The summed E-state index contributed by atoms with van der Waals surface area (Å²) in [5.41, 5.74) is 1.12. The number of imidazole rings is 1. The molecule has 2 aromatic heterocycles. The predicted molar refractivity (Wildman–Crippen MR) is 107 cm³/mol. The molecular formula is C18H22BrN5O2. The zero-order chi connectivity index (χ0) is 19.0. The van der Waals surface area contributed by atoms with Crippen LogP contribution in [-0.2, 0) is 20.6 Å². The first-order valence-electron chi connectivity index (χ1n) is 8.44. The van der Waals surface area contributed by atoms with Crippen LogP contribution >= 0.6 is 15.9 Å². The van der Waals surface area contributed by atoms with Crippen molar-refractivity contribution in [3.05, 3.63) is 55.1 Å². The Bertz CT molecular complexity index is 1060. The summed E-state index contributed by atoms with van der Waals surface area (Å²) in [6.07, 6.45) is 0. The number of hydrogen-bond donors (Lipinski definition) is 1. The van der Waals surface area contributed by atoms with Crippen molar-refractivity contribution in [2.24, 2.45) is 20.0 Å². The molecule has 8 heteroatoms. The van der Waals surface area contributed by atoms with Gasteiger partial charge in [-0.15, -0.1) is 0 Å². The monoisotopic (exact) mass is 419 g/mol. The molecule has 0 atom stereocenters. The molecule has 0 amide bonds. The first-order valence-corrected chi connectivity index (χ1v) is 9.23. The number of benzene rings is 1. The lowest BCUT2D eigenvalue weighted by molar-refractivity contribution is 0.677. The highest BCUT2D eigenvalue weighted by Crippen LogP contribution is 2.19. The van der Waals surface area contributed by atoms with Gasteiger partial charge in [0.25, 0.3) is 5.56 Å². The van der Waals surface area contributed by atoms with E-state index in [9.17, 15) is 9.59 Å². The highest BCUT2D eigenvalue weighted by molar-refractivity contribution is 9.10. The third-order valence-corrected chi connectivity index (χ3v) is 4.80. The third-order valence-electron chi connectivity index (χ3n) is 4.27. The second kappa shape index (κ2) is 7.11. The maximum absolute atomic E-state index is 12.8. The van der Waals surface area contributed by atoms with E-state index in [-0.39, 0.29) is 11.2 Å². The van der Waals surface area contributed by atoms with Gasteiger partial charge in [0.1, 0.15) is 0 Å². The number of aromatic nitrogens is 4. The Balaban J connectivity index is 2.22. The zero-order valence-electron chi connectivity index (χ0n) is 15.3. The summed E-state index contributed by atoms with van der Waals surface area (Å²) >= 11 is 3.43. The molecule has 0 bridgehead atoms. The Labute approximate surface area is 159 Å². The number of nitrogens with zero attached hydrogens (tertiary/aromatic N) is 4. The van der Waals surface area contributed by atoms with Crippen LogP contribution in [0.4, 0.5) is 5.95 Å². The molecule has 2 heterocycles. The van der Waals surface area contributed by atoms with Gasteiger partial charge in [-0.05, 0) is 23.6 Å². The van der Waals surface area contributed by atoms with Gasteiger partial charge in [0.05, 0.1) is 6.54 Å². The summed E-state index contributed by atoms with van der Waals surface area (Å²) in [6.45, 7) is 5.41. The summed E-state index contributed by atoms with van der Waals surface area (Å²) in [6, 6.07) is 7.91. The molecule has 0 aliphatic heterocycles. The Morgan fingerprint density at radius 1 is 1.12 bits per heavy atom. The van der Waals surface area contributed by atoms with Crippen molar-refractivity contribution in [3.63, 3.8) is 0 Å². The normalized spacial score (nSPS) is 11.5. The van der Waals surface area contributed by atoms with Gasteiger partial charge in [0, 0.05) is 25.1 Å². The third kappa shape index (κ3) is 3.33. The lowest BCUT2D eigenvalue weighted by Gasteiger charge is -2.12. The number of anilines is 1. The smallest absolute Gasteiger partial charge is 0.332 e. The van der Waals surface area contributed by atoms with Crippen LogP contribution in [0, 0.1) is 5.92 Å². The van der Waals surface area contributed by atoms with Crippen LogP contribution in [0.1, 0.15) is 19.4 Å². The molecule has 3 aromatic rings. The Morgan fingerprint density at radius 3 is 2.38 bits per heavy atom. The van der Waals surface area contributed by atoms with Crippen molar-refractivity contribution in [3.8, 4) is 0 Å². The molecule has 0 fully saturated rings. The number of aryl methyl sites for hydroxylation is 1. The number of rotatable bonds is 5. The number of fused-ring (bicyclic) bond motifs is 1. The minimum absolute atomic E-state index is 0.342. The molecule has 0 saturated carbocycles. The van der Waals surface area contributed by atoms with Crippen LogP contribution < -0.4 is 16.6 Å². The van der Waals surface area contributed by atoms with Crippen LogP contribution in [0.15, 0.2) is 38.3 Å². The fourth-order valence-corrected chi connectivity index (χ4v) is 3.07. The minimum Gasteiger partial charge on any atom is -0.355 e. The lowest BCUT2D eigenvalue weighted by Crippen LogP contribution is -2.37. The highest BCUT2D eigenvalue weighted by Gasteiger charge is 2.19. The molecule has 0 aliphatic carbocycles. The number of nitrogens with one attached hydrogen (secondary N) is 1. The van der Waals surface area contributed by atoms with Gasteiger partial charge < -0.3 is 5.32 Å². The van der Waals surface area contributed by atoms with E-state index in [4.69, 9.17) is 0 Å². The molecule has 7 nitrogen and oxygen atoms in total. The van der Waals surface area contributed by atoms with Gasteiger partial charge in [0.15, 0.2) is 11.2 Å². The van der Waals surface area contributed by atoms with Crippen LogP contribution in [-0.4, -0.2) is 25.2 Å². The molecular weight excluding hydrogens is 398 g/mol. The molecule has 0 unspecified atom stereocenters. The van der Waals surface area contributed by atoms with E-state index in [0.717, 1.165) is 21.1 Å². The molecule has 1 aromatic carbocycles. The second-order valence-corrected chi connectivity index (χ2v) is 7.72. The summed E-state index contributed by atoms with van der Waals surface area (Å²) < 4.78 is 5.38. The number of halogens is 1. The predicted octanol–water partition coefficient (Wildman–Crippen LogP) is 2.31. The number of hydrogen-bond acceptors (Lipinski definition) is 4. The zero-order valence-corrected chi connectivity index (χ0v) is 16.9. The fourth-order valence-electron chi connectivity index (χ4n) is 2.80. The van der Waals surface area contributed by atoms with Crippen LogP contribution in [0.2, 0.25) is 0 Å². The van der Waals surface area contributed by atoms with E-state index >= 15 is 0 Å². The Morgan fingerprint density at radius 2 is 1.77 bits per heavy atom. The van der Waals surface area contributed by atoms with Crippen molar-refractivity contribution in [1.29, 1.82) is 0 Å². The summed E-state index contributed by atoms with van der Waals surface area (Å²) in [5.74, 6) is 1.01. The van der Waals surface area contributed by atoms with E-state index in [1.165, 1.54) is 11.6 Å². The SMILES string of the molecule is CC(C)CNc1nc2c(c(=O)n(C)c(=O)n2C)n1Cc1ccc(Br)cc1. The van der Waals surface area contributed by atoms with Crippen LogP contribution in [0.3, 0.4) is 0 Å². The summed E-state index contributed by atoms with van der Waals surface area (Å²) in [7, 11) is 3.12. The Hall–Kier alpha value is -2.35. The molecule has 1 N–H and O–H groups in total. The first-order chi connectivity index (χ1) is 12.3. The molecule has 0 saturated heterocycles. The van der Waals surface area contributed by atoms with Gasteiger partial charge in [0.2, 0.25) is 5.95 Å². The lowest BCUT2D eigenvalue weighted by atomic mass is 10.2. The second-order valence-electron chi connectivity index (χ2n) is 6.80. The van der Waals surface area contributed by atoms with E-state index in [0.29, 0.717) is 29.6 Å². The average molecular weight is 420 g/mol. The summed E-state index contributed by atoms with van der Waals surface area (Å²) in [5, 5.41) is 3.31. The molecule has 26 heavy (non-hydrogen) atoms. The standard InChI is InChI=1S/C18H22BrN5O2/c1-11(2)9-20-17-21-15-14(16(25)23(4)18(26)22(15)3)24(17)10-12-5-7-13(19)8-6-12/h5-8,11H,9-10H2,1-4H3,(H,20,21).